The molecule has 0 fully saturated rings. The van der Waals surface area contributed by atoms with Crippen LogP contribution in [0.1, 0.15) is 66.7 Å². The van der Waals surface area contributed by atoms with Gasteiger partial charge in [0.1, 0.15) is 0 Å². The third-order valence-corrected chi connectivity index (χ3v) is 3.41. The van der Waals surface area contributed by atoms with E-state index in [0.29, 0.717) is 0 Å². The second-order valence-corrected chi connectivity index (χ2v) is 5.37. The van der Waals surface area contributed by atoms with Crippen LogP contribution >= 0.6 is 0 Å². The second kappa shape index (κ2) is 9.15. The lowest BCUT2D eigenvalue weighted by molar-refractivity contribution is -0.252. The van der Waals surface area contributed by atoms with Crippen LogP contribution in [0.25, 0.3) is 0 Å². The molecule has 0 rings (SSSR count). The Morgan fingerprint density at radius 1 is 1.26 bits per heavy atom. The Morgan fingerprint density at radius 2 is 1.89 bits per heavy atom. The Morgan fingerprint density at radius 3 is 2.32 bits per heavy atom. The summed E-state index contributed by atoms with van der Waals surface area (Å²) in [6.45, 7) is 10.0. The molecule has 0 aromatic rings. The van der Waals surface area contributed by atoms with E-state index < -0.39 is 12.4 Å². The molecule has 2 atom stereocenters. The maximum atomic E-state index is 11.1. The molecule has 0 amide bonds. The van der Waals surface area contributed by atoms with Crippen molar-refractivity contribution in [2.24, 2.45) is 5.92 Å². The van der Waals surface area contributed by atoms with E-state index in [9.17, 15) is 4.79 Å². The summed E-state index contributed by atoms with van der Waals surface area (Å²) in [5.74, 6) is 0.102. The van der Waals surface area contributed by atoms with Gasteiger partial charge in [-0.05, 0) is 33.1 Å². The topological polar surface area (TPSA) is 65.0 Å². The van der Waals surface area contributed by atoms with Crippen molar-refractivity contribution in [2.75, 3.05) is 0 Å². The molecule has 0 bridgehead atoms. The van der Waals surface area contributed by atoms with Crippen LogP contribution in [-0.2, 0) is 14.4 Å². The molecular weight excluding hydrogens is 248 g/mol. The Bertz CT molecular complexity index is 252. The van der Waals surface area contributed by atoms with Crippen LogP contribution in [0.3, 0.4) is 0 Å². The normalized spacial score (nSPS) is 14.8. The average Bonchev–Trinajstić information content (AvgIpc) is 2.38. The fourth-order valence-electron chi connectivity index (χ4n) is 1.73. The van der Waals surface area contributed by atoms with Gasteiger partial charge in [0.25, 0.3) is 0 Å². The number of hydrogen-bond donors (Lipinski definition) is 1. The van der Waals surface area contributed by atoms with E-state index in [0.717, 1.165) is 32.1 Å². The van der Waals surface area contributed by atoms with Crippen LogP contribution in [0.5, 0.6) is 0 Å². The molecule has 0 heterocycles. The molecule has 0 spiro atoms. The van der Waals surface area contributed by atoms with E-state index in [2.05, 4.69) is 11.8 Å². The molecule has 0 saturated heterocycles. The lowest BCUT2D eigenvalue weighted by atomic mass is 9.97. The van der Waals surface area contributed by atoms with Gasteiger partial charge < -0.3 is 9.47 Å². The average molecular weight is 276 g/mol. The standard InChI is InChI=1S/C14H28O5/c1-6-9-10-11(7-2)12(17-13(15)19-16)18-14(4,5)8-3/h11-12,16H,6-10H2,1-5H3. The summed E-state index contributed by atoms with van der Waals surface area (Å²) in [4.78, 5) is 14.7. The first-order valence-electron chi connectivity index (χ1n) is 7.10. The highest BCUT2D eigenvalue weighted by Gasteiger charge is 2.31. The van der Waals surface area contributed by atoms with Crippen molar-refractivity contribution in [1.82, 2.24) is 0 Å². The molecule has 1 N–H and O–H groups in total. The molecular formula is C14H28O5. The van der Waals surface area contributed by atoms with E-state index in [1.807, 2.05) is 27.7 Å². The largest absolute Gasteiger partial charge is 0.542 e. The number of rotatable bonds is 9. The lowest BCUT2D eigenvalue weighted by Crippen LogP contribution is -2.37. The fourth-order valence-corrected chi connectivity index (χ4v) is 1.73. The summed E-state index contributed by atoms with van der Waals surface area (Å²) >= 11 is 0. The van der Waals surface area contributed by atoms with Crippen molar-refractivity contribution in [1.29, 1.82) is 0 Å². The third-order valence-electron chi connectivity index (χ3n) is 3.41. The zero-order valence-electron chi connectivity index (χ0n) is 12.8. The van der Waals surface area contributed by atoms with E-state index in [1.54, 1.807) is 0 Å². The summed E-state index contributed by atoms with van der Waals surface area (Å²) in [5, 5.41) is 8.34. The quantitative estimate of drug-likeness (QED) is 0.293. The molecule has 5 heteroatoms. The maximum Gasteiger partial charge on any atom is 0.542 e. The highest BCUT2D eigenvalue weighted by molar-refractivity contribution is 5.58. The van der Waals surface area contributed by atoms with Gasteiger partial charge in [-0.15, -0.1) is 0 Å². The SMILES string of the molecule is CCCCC(CC)C(OC(=O)OO)OC(C)(C)CC. The summed E-state index contributed by atoms with van der Waals surface area (Å²) in [6.07, 6.45) is 2.86. The van der Waals surface area contributed by atoms with Gasteiger partial charge in [0, 0.05) is 5.92 Å². The molecule has 0 aliphatic heterocycles. The molecule has 5 nitrogen and oxygen atoms in total. The maximum absolute atomic E-state index is 11.1. The molecule has 0 aromatic carbocycles. The van der Waals surface area contributed by atoms with E-state index in [1.165, 1.54) is 0 Å². The van der Waals surface area contributed by atoms with Crippen molar-refractivity contribution in [3.8, 4) is 0 Å². The Balaban J connectivity index is 4.75. The Kier molecular flexibility index (Phi) is 8.76. The predicted octanol–water partition coefficient (Wildman–Crippen LogP) is 4.36. The number of carbonyl (C=O) groups excluding carboxylic acids is 1. The third kappa shape index (κ3) is 7.38. The van der Waals surface area contributed by atoms with Crippen LogP contribution in [0.15, 0.2) is 0 Å². The highest BCUT2D eigenvalue weighted by Crippen LogP contribution is 2.26. The van der Waals surface area contributed by atoms with Gasteiger partial charge in [-0.2, -0.15) is 5.26 Å². The van der Waals surface area contributed by atoms with Gasteiger partial charge >= 0.3 is 6.16 Å². The zero-order chi connectivity index (χ0) is 14.9. The van der Waals surface area contributed by atoms with Crippen LogP contribution in [-0.4, -0.2) is 23.3 Å². The summed E-state index contributed by atoms with van der Waals surface area (Å²) < 4.78 is 10.9. The first-order valence-corrected chi connectivity index (χ1v) is 7.10. The van der Waals surface area contributed by atoms with Crippen molar-refractivity contribution in [3.05, 3.63) is 0 Å². The molecule has 114 valence electrons. The van der Waals surface area contributed by atoms with Crippen LogP contribution < -0.4 is 0 Å². The van der Waals surface area contributed by atoms with Gasteiger partial charge in [-0.1, -0.05) is 33.6 Å². The van der Waals surface area contributed by atoms with E-state index >= 15 is 0 Å². The van der Waals surface area contributed by atoms with Crippen molar-refractivity contribution >= 4 is 6.16 Å². The number of carbonyl (C=O) groups is 1. The Labute approximate surface area is 116 Å². The smallest absolute Gasteiger partial charge is 0.402 e. The summed E-state index contributed by atoms with van der Waals surface area (Å²) in [6, 6.07) is 0. The number of ether oxygens (including phenoxy) is 2. The molecule has 2 unspecified atom stereocenters. The lowest BCUT2D eigenvalue weighted by Gasteiger charge is -2.33. The first kappa shape index (κ1) is 18.2. The minimum absolute atomic E-state index is 0.102. The van der Waals surface area contributed by atoms with E-state index in [4.69, 9.17) is 14.7 Å². The predicted molar refractivity (Wildman–Crippen MR) is 72.7 cm³/mol. The van der Waals surface area contributed by atoms with Gasteiger partial charge in [-0.3, -0.25) is 4.89 Å². The van der Waals surface area contributed by atoms with E-state index in [-0.39, 0.29) is 11.5 Å². The number of unbranched alkanes of at least 4 members (excludes halogenated alkanes) is 1. The molecule has 0 aliphatic carbocycles. The van der Waals surface area contributed by atoms with Crippen LogP contribution in [0.4, 0.5) is 4.79 Å². The summed E-state index contributed by atoms with van der Waals surface area (Å²) in [5.41, 5.74) is -0.389. The fraction of sp³-hybridized carbons (Fsp3) is 0.929. The van der Waals surface area contributed by atoms with Crippen LogP contribution in [0, 0.1) is 5.92 Å². The molecule has 0 aromatic heterocycles. The monoisotopic (exact) mass is 276 g/mol. The molecule has 0 aliphatic rings. The van der Waals surface area contributed by atoms with Gasteiger partial charge in [-0.25, -0.2) is 4.79 Å². The van der Waals surface area contributed by atoms with Crippen molar-refractivity contribution < 1.29 is 24.4 Å². The Hall–Kier alpha value is -0.810. The number of hydrogen-bond acceptors (Lipinski definition) is 5. The minimum Gasteiger partial charge on any atom is -0.402 e. The van der Waals surface area contributed by atoms with Gasteiger partial charge in [0.05, 0.1) is 5.60 Å². The zero-order valence-corrected chi connectivity index (χ0v) is 12.8. The second-order valence-electron chi connectivity index (χ2n) is 5.37. The summed E-state index contributed by atoms with van der Waals surface area (Å²) in [7, 11) is 0. The molecule has 19 heavy (non-hydrogen) atoms. The molecule has 0 saturated carbocycles. The van der Waals surface area contributed by atoms with Crippen molar-refractivity contribution in [3.63, 3.8) is 0 Å². The molecule has 0 radical (unpaired) electrons. The first-order chi connectivity index (χ1) is 8.90. The minimum atomic E-state index is -1.12. The van der Waals surface area contributed by atoms with Crippen molar-refractivity contribution in [2.45, 2.75) is 78.6 Å². The van der Waals surface area contributed by atoms with Crippen LogP contribution in [0.2, 0.25) is 0 Å². The highest BCUT2D eigenvalue weighted by atomic mass is 17.2. The van der Waals surface area contributed by atoms with Gasteiger partial charge in [0.15, 0.2) is 0 Å². The van der Waals surface area contributed by atoms with Gasteiger partial charge in [0.2, 0.25) is 6.29 Å².